The molecule has 1 fully saturated rings. The van der Waals surface area contributed by atoms with Crippen LogP contribution in [0.15, 0.2) is 53.5 Å². The van der Waals surface area contributed by atoms with Crippen LogP contribution in [0.5, 0.6) is 5.75 Å². The molecule has 1 aromatic rings. The Morgan fingerprint density at radius 2 is 1.97 bits per heavy atom. The number of ether oxygens (including phenoxy) is 1. The van der Waals surface area contributed by atoms with E-state index in [0.717, 1.165) is 26.1 Å². The smallest absolute Gasteiger partial charge is 0.175 e. The van der Waals surface area contributed by atoms with Crippen molar-refractivity contribution in [2.75, 3.05) is 32.5 Å². The van der Waals surface area contributed by atoms with Gasteiger partial charge in [-0.25, -0.2) is 8.42 Å². The van der Waals surface area contributed by atoms with E-state index in [0.29, 0.717) is 29.1 Å². The van der Waals surface area contributed by atoms with Gasteiger partial charge in [0.05, 0.1) is 23.5 Å². The Labute approximate surface area is 174 Å². The first-order valence-corrected chi connectivity index (χ1v) is 12.0. The van der Waals surface area contributed by atoms with Crippen LogP contribution in [0, 0.1) is 34.5 Å². The Balaban J connectivity index is 1.50. The third-order valence-corrected chi connectivity index (χ3v) is 7.40. The van der Waals surface area contributed by atoms with Crippen molar-refractivity contribution < 1.29 is 13.2 Å². The van der Waals surface area contributed by atoms with Gasteiger partial charge in [-0.15, -0.1) is 0 Å². The first-order chi connectivity index (χ1) is 13.7. The molecule has 0 spiro atoms. The Kier molecular flexibility index (Phi) is 6.50. The van der Waals surface area contributed by atoms with Gasteiger partial charge in [0.25, 0.3) is 0 Å². The summed E-state index contributed by atoms with van der Waals surface area (Å²) in [5.74, 6) is 1.60. The number of allylic oxidation sites excluding steroid dienone is 4. The Hall–Kier alpha value is -2.10. The van der Waals surface area contributed by atoms with Crippen molar-refractivity contribution in [1.29, 1.82) is 5.26 Å². The number of sulfone groups is 1. The maximum absolute atomic E-state index is 11.6. The molecule has 0 amide bonds. The molecule has 1 aliphatic heterocycles. The molecule has 4 atom stereocenters. The summed E-state index contributed by atoms with van der Waals surface area (Å²) in [6.07, 6.45) is 10.3. The van der Waals surface area contributed by atoms with Gasteiger partial charge in [-0.05, 0) is 43.1 Å². The summed E-state index contributed by atoms with van der Waals surface area (Å²) in [6, 6.07) is 9.05. The van der Waals surface area contributed by atoms with Crippen molar-refractivity contribution in [3.63, 3.8) is 0 Å². The highest BCUT2D eigenvalue weighted by Gasteiger charge is 2.35. The molecule has 0 aromatic heterocycles. The topological polar surface area (TPSA) is 70.4 Å². The molecule has 1 heterocycles. The number of nitrogens with zero attached hydrogens (tertiary/aromatic N) is 2. The zero-order chi connectivity index (χ0) is 21.1. The molecular weight excluding hydrogens is 384 g/mol. The van der Waals surface area contributed by atoms with Gasteiger partial charge in [0.15, 0.2) is 9.84 Å². The van der Waals surface area contributed by atoms with Crippen LogP contribution in [-0.2, 0) is 9.84 Å². The minimum absolute atomic E-state index is 0.0680. The fourth-order valence-corrected chi connectivity index (χ4v) is 4.76. The van der Waals surface area contributed by atoms with Crippen molar-refractivity contribution in [2.24, 2.45) is 23.2 Å². The van der Waals surface area contributed by atoms with E-state index in [4.69, 9.17) is 4.74 Å². The van der Waals surface area contributed by atoms with Crippen LogP contribution >= 0.6 is 0 Å². The summed E-state index contributed by atoms with van der Waals surface area (Å²) >= 11 is 0. The summed E-state index contributed by atoms with van der Waals surface area (Å²) in [7, 11) is -3.18. The van der Waals surface area contributed by atoms with Crippen molar-refractivity contribution in [3.8, 4) is 11.8 Å². The summed E-state index contributed by atoms with van der Waals surface area (Å²) in [5.41, 5.74) is -0.108. The lowest BCUT2D eigenvalue weighted by Gasteiger charge is -2.32. The van der Waals surface area contributed by atoms with Crippen LogP contribution in [0.3, 0.4) is 0 Å². The van der Waals surface area contributed by atoms with Gasteiger partial charge in [-0.2, -0.15) is 5.26 Å². The number of benzene rings is 1. The lowest BCUT2D eigenvalue weighted by Crippen LogP contribution is -2.31. The summed E-state index contributed by atoms with van der Waals surface area (Å²) < 4.78 is 29.1. The van der Waals surface area contributed by atoms with Crippen molar-refractivity contribution in [1.82, 2.24) is 4.90 Å². The second kappa shape index (κ2) is 8.73. The van der Waals surface area contributed by atoms with Crippen molar-refractivity contribution in [2.45, 2.75) is 25.2 Å². The van der Waals surface area contributed by atoms with E-state index >= 15 is 0 Å². The van der Waals surface area contributed by atoms with Crippen LogP contribution in [0.25, 0.3) is 0 Å². The molecule has 156 valence electrons. The minimum Gasteiger partial charge on any atom is -0.493 e. The van der Waals surface area contributed by atoms with E-state index in [1.165, 1.54) is 6.26 Å². The monoisotopic (exact) mass is 414 g/mol. The quantitative estimate of drug-likeness (QED) is 0.680. The zero-order valence-electron chi connectivity index (χ0n) is 17.4. The van der Waals surface area contributed by atoms with Gasteiger partial charge >= 0.3 is 0 Å². The maximum Gasteiger partial charge on any atom is 0.175 e. The van der Waals surface area contributed by atoms with Crippen LogP contribution in [0.2, 0.25) is 0 Å². The van der Waals surface area contributed by atoms with Crippen LogP contribution in [0.4, 0.5) is 0 Å². The predicted octanol–water partition coefficient (Wildman–Crippen LogP) is 3.70. The van der Waals surface area contributed by atoms with Crippen molar-refractivity contribution >= 4 is 9.84 Å². The highest BCUT2D eigenvalue weighted by atomic mass is 32.2. The standard InChI is InChI=1S/C23H30N2O3S/c1-18-15-25(13-12-23(2)11-5-4-6-20(23)14-24)16-19(18)17-28-21-7-9-22(10-8-21)29(3,26)27/h4-11,18-20H,12-13,15-17H2,1-3H3/t18-,19+,20?,23?/m1/s1. The van der Waals surface area contributed by atoms with Gasteiger partial charge < -0.3 is 9.64 Å². The third kappa shape index (κ3) is 5.29. The molecule has 5 nitrogen and oxygen atoms in total. The van der Waals surface area contributed by atoms with E-state index in [1.807, 2.05) is 18.2 Å². The number of rotatable bonds is 7. The lowest BCUT2D eigenvalue weighted by molar-refractivity contribution is 0.215. The normalized spacial score (nSPS) is 29.7. The highest BCUT2D eigenvalue weighted by Crippen LogP contribution is 2.37. The minimum atomic E-state index is -3.18. The van der Waals surface area contributed by atoms with Crippen LogP contribution in [0.1, 0.15) is 20.3 Å². The fourth-order valence-electron chi connectivity index (χ4n) is 4.13. The molecule has 1 aromatic carbocycles. The zero-order valence-corrected chi connectivity index (χ0v) is 18.2. The molecule has 1 saturated heterocycles. The number of nitriles is 1. The predicted molar refractivity (Wildman–Crippen MR) is 114 cm³/mol. The first kappa shape index (κ1) is 21.6. The number of hydrogen-bond acceptors (Lipinski definition) is 5. The summed E-state index contributed by atoms with van der Waals surface area (Å²) in [4.78, 5) is 2.78. The third-order valence-electron chi connectivity index (χ3n) is 6.27. The summed E-state index contributed by atoms with van der Waals surface area (Å²) in [6.45, 7) is 8.03. The molecule has 3 rings (SSSR count). The van der Waals surface area contributed by atoms with Gasteiger partial charge in [-0.3, -0.25) is 0 Å². The van der Waals surface area contributed by atoms with Gasteiger partial charge in [0, 0.05) is 30.7 Å². The number of likely N-dealkylation sites (tertiary alicyclic amines) is 1. The van der Waals surface area contributed by atoms with E-state index in [-0.39, 0.29) is 11.3 Å². The first-order valence-electron chi connectivity index (χ1n) is 10.1. The van der Waals surface area contributed by atoms with Crippen LogP contribution in [-0.4, -0.2) is 45.8 Å². The Bertz CT molecular complexity index is 914. The maximum atomic E-state index is 11.6. The molecule has 29 heavy (non-hydrogen) atoms. The average Bonchev–Trinajstić information content (AvgIpc) is 3.04. The number of hydrogen-bond donors (Lipinski definition) is 0. The summed E-state index contributed by atoms with van der Waals surface area (Å²) in [5, 5.41) is 9.44. The molecule has 1 aliphatic carbocycles. The van der Waals surface area contributed by atoms with E-state index in [1.54, 1.807) is 24.3 Å². The molecule has 0 radical (unpaired) electrons. The average molecular weight is 415 g/mol. The largest absolute Gasteiger partial charge is 0.493 e. The molecular formula is C23H30N2O3S. The van der Waals surface area contributed by atoms with Gasteiger partial charge in [0.2, 0.25) is 0 Å². The van der Waals surface area contributed by atoms with E-state index < -0.39 is 9.84 Å². The molecule has 0 N–H and O–H groups in total. The molecule has 0 bridgehead atoms. The Morgan fingerprint density at radius 3 is 2.62 bits per heavy atom. The van der Waals surface area contributed by atoms with Gasteiger partial charge in [0.1, 0.15) is 5.75 Å². The highest BCUT2D eigenvalue weighted by molar-refractivity contribution is 7.90. The van der Waals surface area contributed by atoms with Gasteiger partial charge in [-0.1, -0.05) is 38.2 Å². The second-order valence-electron chi connectivity index (χ2n) is 8.66. The molecule has 0 saturated carbocycles. The molecule has 6 heteroatoms. The lowest BCUT2D eigenvalue weighted by atomic mass is 9.72. The second-order valence-corrected chi connectivity index (χ2v) is 10.7. The molecule has 2 unspecified atom stereocenters. The van der Waals surface area contributed by atoms with Crippen molar-refractivity contribution in [3.05, 3.63) is 48.6 Å². The van der Waals surface area contributed by atoms with E-state index in [9.17, 15) is 13.7 Å². The Morgan fingerprint density at radius 1 is 1.24 bits per heavy atom. The fraction of sp³-hybridized carbons (Fsp3) is 0.522. The van der Waals surface area contributed by atoms with E-state index in [2.05, 4.69) is 30.9 Å². The SMILES string of the molecule is C[C@@H]1CN(CCC2(C)C=CC=CC2C#N)C[C@H]1COc1ccc(S(C)(=O)=O)cc1. The molecule has 2 aliphatic rings. The van der Waals surface area contributed by atoms with Crippen LogP contribution < -0.4 is 4.74 Å².